The van der Waals surface area contributed by atoms with Crippen LogP contribution in [0.4, 0.5) is 0 Å². The smallest absolute Gasteiger partial charge is 0.251 e. The summed E-state index contributed by atoms with van der Waals surface area (Å²) in [4.78, 5) is 12.0. The van der Waals surface area contributed by atoms with Gasteiger partial charge in [-0.1, -0.05) is 35.3 Å². The van der Waals surface area contributed by atoms with Crippen molar-refractivity contribution in [2.24, 2.45) is 0 Å². The maximum Gasteiger partial charge on any atom is 0.251 e. The molecule has 104 valence electrons. The molecule has 5 heteroatoms. The zero-order valence-corrected chi connectivity index (χ0v) is 12.3. The van der Waals surface area contributed by atoms with Crippen LogP contribution in [0.1, 0.15) is 15.9 Å². The predicted molar refractivity (Wildman–Crippen MR) is 80.6 cm³/mol. The molecule has 2 aromatic rings. The predicted octanol–water partition coefficient (Wildman–Crippen LogP) is 3.93. The molecular formula is C15H13Cl2NO2. The first kappa shape index (κ1) is 14.7. The van der Waals surface area contributed by atoms with Gasteiger partial charge in [-0.15, -0.1) is 0 Å². The van der Waals surface area contributed by atoms with Gasteiger partial charge in [0.05, 0.1) is 17.2 Å². The van der Waals surface area contributed by atoms with Gasteiger partial charge in [-0.05, 0) is 35.9 Å². The zero-order valence-electron chi connectivity index (χ0n) is 10.8. The van der Waals surface area contributed by atoms with Crippen LogP contribution in [0.25, 0.3) is 0 Å². The highest BCUT2D eigenvalue weighted by Crippen LogP contribution is 2.22. The van der Waals surface area contributed by atoms with Gasteiger partial charge in [-0.25, -0.2) is 0 Å². The molecule has 0 aliphatic carbocycles. The van der Waals surface area contributed by atoms with Gasteiger partial charge in [0, 0.05) is 12.1 Å². The van der Waals surface area contributed by atoms with E-state index in [4.69, 9.17) is 27.9 Å². The van der Waals surface area contributed by atoms with Gasteiger partial charge in [0.1, 0.15) is 5.75 Å². The van der Waals surface area contributed by atoms with Crippen molar-refractivity contribution in [2.75, 3.05) is 7.11 Å². The van der Waals surface area contributed by atoms with Crippen LogP contribution >= 0.6 is 23.2 Å². The van der Waals surface area contributed by atoms with E-state index in [2.05, 4.69) is 5.32 Å². The van der Waals surface area contributed by atoms with Crippen LogP contribution in [0.3, 0.4) is 0 Å². The van der Waals surface area contributed by atoms with Gasteiger partial charge in [-0.2, -0.15) is 0 Å². The van der Waals surface area contributed by atoms with E-state index >= 15 is 0 Å². The largest absolute Gasteiger partial charge is 0.497 e. The van der Waals surface area contributed by atoms with Crippen molar-refractivity contribution < 1.29 is 9.53 Å². The molecule has 0 radical (unpaired) electrons. The molecule has 0 saturated carbocycles. The fourth-order valence-electron chi connectivity index (χ4n) is 1.70. The number of benzene rings is 2. The van der Waals surface area contributed by atoms with Gasteiger partial charge in [0.15, 0.2) is 0 Å². The van der Waals surface area contributed by atoms with Crippen molar-refractivity contribution in [3.8, 4) is 5.75 Å². The highest BCUT2D eigenvalue weighted by Gasteiger charge is 2.07. The number of methoxy groups -OCH3 is 1. The molecule has 0 aliphatic rings. The number of carbonyl (C=O) groups is 1. The fourth-order valence-corrected chi connectivity index (χ4v) is 2.02. The van der Waals surface area contributed by atoms with E-state index < -0.39 is 0 Å². The van der Waals surface area contributed by atoms with Gasteiger partial charge >= 0.3 is 0 Å². The number of hydrogen-bond donors (Lipinski definition) is 1. The minimum Gasteiger partial charge on any atom is -0.497 e. The van der Waals surface area contributed by atoms with Gasteiger partial charge in [0.2, 0.25) is 0 Å². The average Bonchev–Trinajstić information content (AvgIpc) is 2.48. The maximum atomic E-state index is 12.0. The summed E-state index contributed by atoms with van der Waals surface area (Å²) in [6.45, 7) is 0.382. The summed E-state index contributed by atoms with van der Waals surface area (Å²) in [5, 5.41) is 3.78. The Morgan fingerprint density at radius 3 is 2.65 bits per heavy atom. The fraction of sp³-hybridized carbons (Fsp3) is 0.133. The molecular weight excluding hydrogens is 297 g/mol. The molecule has 0 heterocycles. The molecule has 0 bridgehead atoms. The van der Waals surface area contributed by atoms with Crippen LogP contribution in [-0.2, 0) is 6.54 Å². The topological polar surface area (TPSA) is 38.3 Å². The van der Waals surface area contributed by atoms with E-state index in [-0.39, 0.29) is 5.91 Å². The summed E-state index contributed by atoms with van der Waals surface area (Å²) in [6.07, 6.45) is 0. The van der Waals surface area contributed by atoms with E-state index in [0.29, 0.717) is 27.9 Å². The molecule has 0 unspecified atom stereocenters. The first-order valence-electron chi connectivity index (χ1n) is 5.96. The Morgan fingerprint density at radius 1 is 1.15 bits per heavy atom. The second-order valence-corrected chi connectivity index (χ2v) is 4.98. The molecule has 0 atom stereocenters. The Labute approximate surface area is 127 Å². The van der Waals surface area contributed by atoms with Crippen LogP contribution in [0.5, 0.6) is 5.75 Å². The number of nitrogens with one attached hydrogen (secondary N) is 1. The van der Waals surface area contributed by atoms with E-state index in [9.17, 15) is 4.79 Å². The van der Waals surface area contributed by atoms with E-state index in [0.717, 1.165) is 5.56 Å². The lowest BCUT2D eigenvalue weighted by molar-refractivity contribution is 0.0950. The van der Waals surface area contributed by atoms with Crippen LogP contribution in [0, 0.1) is 0 Å². The second kappa shape index (κ2) is 6.64. The van der Waals surface area contributed by atoms with Gasteiger partial charge in [0.25, 0.3) is 5.91 Å². The molecule has 3 nitrogen and oxygen atoms in total. The zero-order chi connectivity index (χ0) is 14.5. The van der Waals surface area contributed by atoms with Crippen LogP contribution in [0.15, 0.2) is 42.5 Å². The first-order chi connectivity index (χ1) is 9.60. The first-order valence-corrected chi connectivity index (χ1v) is 6.72. The molecule has 0 spiro atoms. The Hall–Kier alpha value is -1.71. The molecule has 0 aliphatic heterocycles. The highest BCUT2D eigenvalue weighted by atomic mass is 35.5. The number of rotatable bonds is 4. The number of carbonyl (C=O) groups excluding carboxylic acids is 1. The van der Waals surface area contributed by atoms with E-state index in [1.165, 1.54) is 0 Å². The third kappa shape index (κ3) is 3.65. The van der Waals surface area contributed by atoms with Crippen molar-refractivity contribution in [3.63, 3.8) is 0 Å². The third-order valence-electron chi connectivity index (χ3n) is 2.77. The minimum atomic E-state index is -0.171. The second-order valence-electron chi connectivity index (χ2n) is 4.16. The lowest BCUT2D eigenvalue weighted by Crippen LogP contribution is -2.22. The van der Waals surface area contributed by atoms with Crippen molar-refractivity contribution in [1.29, 1.82) is 0 Å². The van der Waals surface area contributed by atoms with E-state index in [1.807, 2.05) is 6.07 Å². The lowest BCUT2D eigenvalue weighted by Gasteiger charge is -2.07. The maximum absolute atomic E-state index is 12.0. The number of amides is 1. The van der Waals surface area contributed by atoms with Crippen LogP contribution < -0.4 is 10.1 Å². The summed E-state index contributed by atoms with van der Waals surface area (Å²) in [5.41, 5.74) is 1.43. The number of ether oxygens (including phenoxy) is 1. The molecule has 2 rings (SSSR count). The Kier molecular flexibility index (Phi) is 4.88. The van der Waals surface area contributed by atoms with Crippen molar-refractivity contribution in [2.45, 2.75) is 6.54 Å². The van der Waals surface area contributed by atoms with Crippen LogP contribution in [0.2, 0.25) is 10.0 Å². The number of halogens is 2. The highest BCUT2D eigenvalue weighted by molar-refractivity contribution is 6.42. The van der Waals surface area contributed by atoms with Gasteiger partial charge < -0.3 is 10.1 Å². The summed E-state index contributed by atoms with van der Waals surface area (Å²) in [5.74, 6) is 0.474. The summed E-state index contributed by atoms with van der Waals surface area (Å²) < 4.78 is 5.08. The Bertz CT molecular complexity index is 629. The quantitative estimate of drug-likeness (QED) is 0.929. The summed E-state index contributed by atoms with van der Waals surface area (Å²) in [6, 6.07) is 12.2. The minimum absolute atomic E-state index is 0.171. The Balaban J connectivity index is 2.02. The monoisotopic (exact) mass is 309 g/mol. The molecule has 20 heavy (non-hydrogen) atoms. The lowest BCUT2D eigenvalue weighted by atomic mass is 10.2. The van der Waals surface area contributed by atoms with Crippen molar-refractivity contribution in [1.82, 2.24) is 5.32 Å². The van der Waals surface area contributed by atoms with Crippen molar-refractivity contribution >= 4 is 29.1 Å². The molecule has 0 saturated heterocycles. The standard InChI is InChI=1S/C15H13Cl2NO2/c1-20-12-4-2-3-11(8-12)15(19)18-9-10-5-6-13(16)14(17)7-10/h2-8H,9H2,1H3,(H,18,19). The molecule has 2 aromatic carbocycles. The molecule has 0 aromatic heterocycles. The third-order valence-corrected chi connectivity index (χ3v) is 3.51. The summed E-state index contributed by atoms with van der Waals surface area (Å²) >= 11 is 11.8. The molecule has 1 amide bonds. The van der Waals surface area contributed by atoms with Crippen molar-refractivity contribution in [3.05, 3.63) is 63.6 Å². The Morgan fingerprint density at radius 2 is 1.95 bits per heavy atom. The SMILES string of the molecule is COc1cccc(C(=O)NCc2ccc(Cl)c(Cl)c2)c1. The number of hydrogen-bond acceptors (Lipinski definition) is 2. The normalized spacial score (nSPS) is 10.2. The molecule has 1 N–H and O–H groups in total. The molecule has 0 fully saturated rings. The van der Waals surface area contributed by atoms with Gasteiger partial charge in [-0.3, -0.25) is 4.79 Å². The van der Waals surface area contributed by atoms with Crippen LogP contribution in [-0.4, -0.2) is 13.0 Å². The summed E-state index contributed by atoms with van der Waals surface area (Å²) in [7, 11) is 1.56. The van der Waals surface area contributed by atoms with E-state index in [1.54, 1.807) is 43.5 Å². The average molecular weight is 310 g/mol.